The number of hydrogen-bond donors (Lipinski definition) is 3. The van der Waals surface area contributed by atoms with Gasteiger partial charge in [-0.25, -0.2) is 8.42 Å². The Bertz CT molecular complexity index is 1290. The second-order valence-corrected chi connectivity index (χ2v) is 10.4. The van der Waals surface area contributed by atoms with Crippen LogP contribution < -0.4 is 10.9 Å². The number of sulfonamides is 1. The maximum Gasteiger partial charge on any atom is 0.243 e. The summed E-state index contributed by atoms with van der Waals surface area (Å²) in [6.07, 6.45) is 2.72. The van der Waals surface area contributed by atoms with Gasteiger partial charge in [-0.2, -0.15) is 4.31 Å². The summed E-state index contributed by atoms with van der Waals surface area (Å²) in [5.74, 6) is -0.974. The molecule has 4 rings (SSSR count). The lowest BCUT2D eigenvalue weighted by Crippen LogP contribution is -2.48. The van der Waals surface area contributed by atoms with Crippen LogP contribution in [-0.4, -0.2) is 42.6 Å². The van der Waals surface area contributed by atoms with E-state index in [0.717, 1.165) is 27.6 Å². The van der Waals surface area contributed by atoms with E-state index in [1.165, 1.54) is 4.31 Å². The highest BCUT2D eigenvalue weighted by Crippen LogP contribution is 2.25. The van der Waals surface area contributed by atoms with E-state index in [4.69, 9.17) is 0 Å². The highest BCUT2D eigenvalue weighted by molar-refractivity contribution is 7.89. The standard InChI is InChI=1S/C24H28N4O4S/c1-16-7-8-20(13-17(16)2)33(31,32)28-11-9-18(10-12-28)24(30)27-26-23(29)14-19-15-25-22-6-4-3-5-21(19)22/h3-8,13,15,18,25H,9-12,14H2,1-2H3,(H,26,29)(H,27,30). The smallest absolute Gasteiger partial charge is 0.243 e. The number of hydrogen-bond acceptors (Lipinski definition) is 4. The fraction of sp³-hybridized carbons (Fsp3) is 0.333. The molecule has 9 heteroatoms. The number of rotatable bonds is 5. The normalized spacial score (nSPS) is 15.5. The molecule has 2 heterocycles. The van der Waals surface area contributed by atoms with Crippen LogP contribution in [0.2, 0.25) is 0 Å². The number of piperidine rings is 1. The molecule has 33 heavy (non-hydrogen) atoms. The molecule has 0 saturated carbocycles. The van der Waals surface area contributed by atoms with Gasteiger partial charge in [0.05, 0.1) is 11.3 Å². The third-order valence-corrected chi connectivity index (χ3v) is 8.19. The highest BCUT2D eigenvalue weighted by atomic mass is 32.2. The first-order valence-electron chi connectivity index (χ1n) is 11.0. The molecular formula is C24H28N4O4S. The van der Waals surface area contributed by atoms with Crippen molar-refractivity contribution < 1.29 is 18.0 Å². The van der Waals surface area contributed by atoms with Gasteiger partial charge in [0.25, 0.3) is 0 Å². The van der Waals surface area contributed by atoms with Gasteiger partial charge >= 0.3 is 0 Å². The Balaban J connectivity index is 1.28. The predicted octanol–water partition coefficient (Wildman–Crippen LogP) is 2.58. The van der Waals surface area contributed by atoms with E-state index in [2.05, 4.69) is 15.8 Å². The molecule has 1 aromatic heterocycles. The molecule has 8 nitrogen and oxygen atoms in total. The van der Waals surface area contributed by atoms with Gasteiger partial charge in [0.15, 0.2) is 0 Å². The Morgan fingerprint density at radius 2 is 1.76 bits per heavy atom. The first kappa shape index (κ1) is 23.0. The maximum absolute atomic E-state index is 13.0. The van der Waals surface area contributed by atoms with E-state index in [0.29, 0.717) is 12.8 Å². The van der Waals surface area contributed by atoms with E-state index < -0.39 is 10.0 Å². The molecule has 2 aromatic carbocycles. The molecule has 0 aliphatic carbocycles. The fourth-order valence-corrected chi connectivity index (χ4v) is 5.67. The average Bonchev–Trinajstić information content (AvgIpc) is 3.22. The molecule has 1 fully saturated rings. The molecule has 174 valence electrons. The first-order valence-corrected chi connectivity index (χ1v) is 12.4. The summed E-state index contributed by atoms with van der Waals surface area (Å²) in [5.41, 5.74) is 8.74. The third-order valence-electron chi connectivity index (χ3n) is 6.29. The van der Waals surface area contributed by atoms with Gasteiger partial charge < -0.3 is 4.98 Å². The van der Waals surface area contributed by atoms with Crippen molar-refractivity contribution in [1.29, 1.82) is 0 Å². The van der Waals surface area contributed by atoms with Gasteiger partial charge in [0, 0.05) is 36.1 Å². The molecular weight excluding hydrogens is 440 g/mol. The number of aromatic amines is 1. The largest absolute Gasteiger partial charge is 0.361 e. The fourth-order valence-electron chi connectivity index (χ4n) is 4.11. The van der Waals surface area contributed by atoms with E-state index in [1.54, 1.807) is 24.4 Å². The van der Waals surface area contributed by atoms with Crippen LogP contribution in [0, 0.1) is 19.8 Å². The van der Waals surface area contributed by atoms with Crippen molar-refractivity contribution in [2.24, 2.45) is 5.92 Å². The Kier molecular flexibility index (Phi) is 6.53. The van der Waals surface area contributed by atoms with Crippen molar-refractivity contribution in [3.8, 4) is 0 Å². The minimum absolute atomic E-state index is 0.136. The van der Waals surface area contributed by atoms with Crippen molar-refractivity contribution in [2.75, 3.05) is 13.1 Å². The molecule has 3 N–H and O–H groups in total. The zero-order valence-corrected chi connectivity index (χ0v) is 19.5. The number of aromatic nitrogens is 1. The maximum atomic E-state index is 13.0. The lowest BCUT2D eigenvalue weighted by Gasteiger charge is -2.30. The summed E-state index contributed by atoms with van der Waals surface area (Å²) in [7, 11) is -3.59. The molecule has 0 bridgehead atoms. The van der Waals surface area contributed by atoms with Crippen LogP contribution in [0.4, 0.5) is 0 Å². The van der Waals surface area contributed by atoms with Crippen molar-refractivity contribution >= 4 is 32.7 Å². The number of hydrazine groups is 1. The van der Waals surface area contributed by atoms with Crippen molar-refractivity contribution in [1.82, 2.24) is 20.1 Å². The van der Waals surface area contributed by atoms with Gasteiger partial charge in [-0.3, -0.25) is 20.4 Å². The summed E-state index contributed by atoms with van der Waals surface area (Å²) in [4.78, 5) is 28.2. The van der Waals surface area contributed by atoms with Crippen molar-refractivity contribution in [3.05, 3.63) is 65.4 Å². The van der Waals surface area contributed by atoms with Gasteiger partial charge in [0.2, 0.25) is 21.8 Å². The number of aryl methyl sites for hydroxylation is 2. The van der Waals surface area contributed by atoms with E-state index in [1.807, 2.05) is 38.1 Å². The summed E-state index contributed by atoms with van der Waals surface area (Å²) >= 11 is 0. The van der Waals surface area contributed by atoms with Gasteiger partial charge in [-0.1, -0.05) is 24.3 Å². The first-order chi connectivity index (χ1) is 15.8. The lowest BCUT2D eigenvalue weighted by molar-refractivity contribution is -0.131. The minimum Gasteiger partial charge on any atom is -0.361 e. The second-order valence-electron chi connectivity index (χ2n) is 8.50. The summed E-state index contributed by atoms with van der Waals surface area (Å²) < 4.78 is 27.3. The average molecular weight is 469 g/mol. The summed E-state index contributed by atoms with van der Waals surface area (Å²) in [6.45, 7) is 4.35. The van der Waals surface area contributed by atoms with E-state index in [-0.39, 0.29) is 42.1 Å². The number of nitrogens with one attached hydrogen (secondary N) is 3. The molecule has 1 aliphatic heterocycles. The van der Waals surface area contributed by atoms with Crippen LogP contribution in [0.5, 0.6) is 0 Å². The molecule has 3 aromatic rings. The SMILES string of the molecule is Cc1ccc(S(=O)(=O)N2CCC(C(=O)NNC(=O)Cc3c[nH]c4ccccc34)CC2)cc1C. The number of H-pyrrole nitrogens is 1. The molecule has 0 radical (unpaired) electrons. The topological polar surface area (TPSA) is 111 Å². The predicted molar refractivity (Wildman–Crippen MR) is 126 cm³/mol. The number of para-hydroxylation sites is 1. The second kappa shape index (κ2) is 9.36. The Hall–Kier alpha value is -3.17. The Morgan fingerprint density at radius 3 is 2.48 bits per heavy atom. The highest BCUT2D eigenvalue weighted by Gasteiger charge is 2.32. The molecule has 1 aliphatic rings. The third kappa shape index (κ3) is 4.94. The molecule has 0 unspecified atom stereocenters. The molecule has 0 spiro atoms. The zero-order chi connectivity index (χ0) is 23.6. The monoisotopic (exact) mass is 468 g/mol. The van der Waals surface area contributed by atoms with Crippen molar-refractivity contribution in [3.63, 3.8) is 0 Å². The molecule has 1 saturated heterocycles. The van der Waals surface area contributed by atoms with Crippen molar-refractivity contribution in [2.45, 2.75) is 38.0 Å². The van der Waals surface area contributed by atoms with Crippen LogP contribution >= 0.6 is 0 Å². The van der Waals surface area contributed by atoms with Gasteiger partial charge in [-0.05, 0) is 61.6 Å². The summed E-state index contributed by atoms with van der Waals surface area (Å²) in [5, 5.41) is 0.969. The van der Waals surface area contributed by atoms with Gasteiger partial charge in [-0.15, -0.1) is 0 Å². The van der Waals surface area contributed by atoms with Crippen LogP contribution in [0.25, 0.3) is 10.9 Å². The number of nitrogens with zero attached hydrogens (tertiary/aromatic N) is 1. The number of benzene rings is 2. The number of carbonyl (C=O) groups excluding carboxylic acids is 2. The quantitative estimate of drug-likeness (QED) is 0.500. The Morgan fingerprint density at radius 1 is 1.03 bits per heavy atom. The zero-order valence-electron chi connectivity index (χ0n) is 18.7. The van der Waals surface area contributed by atoms with Crippen LogP contribution in [0.15, 0.2) is 53.6 Å². The van der Waals surface area contributed by atoms with Crippen LogP contribution in [-0.2, 0) is 26.0 Å². The Labute approximate surface area is 193 Å². The van der Waals surface area contributed by atoms with E-state index in [9.17, 15) is 18.0 Å². The van der Waals surface area contributed by atoms with E-state index >= 15 is 0 Å². The number of fused-ring (bicyclic) bond motifs is 1. The van der Waals surface area contributed by atoms with Crippen LogP contribution in [0.3, 0.4) is 0 Å². The minimum atomic E-state index is -3.59. The number of amides is 2. The van der Waals surface area contributed by atoms with Gasteiger partial charge in [0.1, 0.15) is 0 Å². The lowest BCUT2D eigenvalue weighted by atomic mass is 9.98. The van der Waals surface area contributed by atoms with Crippen LogP contribution in [0.1, 0.15) is 29.5 Å². The number of carbonyl (C=O) groups is 2. The summed E-state index contributed by atoms with van der Waals surface area (Å²) in [6, 6.07) is 12.8. The molecule has 0 atom stereocenters. The molecule has 2 amide bonds.